The first-order valence-corrected chi connectivity index (χ1v) is 17.9. The lowest BCUT2D eigenvalue weighted by Crippen LogP contribution is -2.64. The Morgan fingerprint density at radius 2 is 1.65 bits per heavy atom. The van der Waals surface area contributed by atoms with Crippen molar-refractivity contribution in [2.45, 2.75) is 125 Å². The lowest BCUT2D eigenvalue weighted by atomic mass is 9.72. The first-order chi connectivity index (χ1) is 24.9. The highest BCUT2D eigenvalue weighted by Gasteiger charge is 2.76. The maximum Gasteiger partial charge on any atom is 0.331 e. The van der Waals surface area contributed by atoms with Gasteiger partial charge in [-0.05, 0) is 37.8 Å². The fourth-order valence-corrected chi connectivity index (χ4v) is 8.28. The maximum absolute atomic E-state index is 13.7. The van der Waals surface area contributed by atoms with Gasteiger partial charge < -0.3 is 68.5 Å². The van der Waals surface area contributed by atoms with E-state index >= 15 is 0 Å². The maximum atomic E-state index is 13.7. The first kappa shape index (κ1) is 37.7. The molecule has 52 heavy (non-hydrogen) atoms. The van der Waals surface area contributed by atoms with Crippen molar-refractivity contribution >= 4 is 18.0 Å². The van der Waals surface area contributed by atoms with Gasteiger partial charge in [0.05, 0.1) is 37.9 Å². The topological polar surface area (TPSA) is 233 Å². The predicted molar refractivity (Wildman–Crippen MR) is 173 cm³/mol. The summed E-state index contributed by atoms with van der Waals surface area (Å²) in [6.45, 7) is 3.33. The molecule has 0 bridgehead atoms. The summed E-state index contributed by atoms with van der Waals surface area (Å²) < 4.78 is 47.6. The van der Waals surface area contributed by atoms with Crippen molar-refractivity contribution in [3.05, 3.63) is 42.0 Å². The van der Waals surface area contributed by atoms with Gasteiger partial charge in [0.15, 0.2) is 18.0 Å². The molecule has 2 spiro atoms. The Bertz CT molecular complexity index is 1450. The van der Waals surface area contributed by atoms with Gasteiger partial charge in [-0.25, -0.2) is 4.79 Å². The van der Waals surface area contributed by atoms with Crippen LogP contribution < -0.4 is 0 Å². The van der Waals surface area contributed by atoms with Gasteiger partial charge in [-0.1, -0.05) is 37.3 Å². The molecule has 5 saturated heterocycles. The molecule has 288 valence electrons. The molecular formula is C36H48O16. The summed E-state index contributed by atoms with van der Waals surface area (Å²) >= 11 is 0. The number of fused-ring (bicyclic) bond motifs is 3. The molecule has 1 aromatic rings. The van der Waals surface area contributed by atoms with Crippen molar-refractivity contribution in [1.82, 2.24) is 0 Å². The summed E-state index contributed by atoms with van der Waals surface area (Å²) in [6.07, 6.45) is -11.9. The molecule has 1 aromatic carbocycles. The Morgan fingerprint density at radius 1 is 0.904 bits per heavy atom. The highest BCUT2D eigenvalue weighted by Crippen LogP contribution is 2.62. The van der Waals surface area contributed by atoms with Gasteiger partial charge in [0.2, 0.25) is 12.1 Å². The smallest absolute Gasteiger partial charge is 0.331 e. The lowest BCUT2D eigenvalue weighted by Gasteiger charge is -2.45. The summed E-state index contributed by atoms with van der Waals surface area (Å²) in [5.41, 5.74) is 0.109. The molecular weight excluding hydrogens is 688 g/mol. The average Bonchev–Trinajstić information content (AvgIpc) is 3.91. The third kappa shape index (κ3) is 6.93. The van der Waals surface area contributed by atoms with Crippen molar-refractivity contribution in [3.8, 4) is 0 Å². The molecule has 7 rings (SSSR count). The lowest BCUT2D eigenvalue weighted by molar-refractivity contribution is -0.360. The van der Waals surface area contributed by atoms with Crippen LogP contribution in [0.15, 0.2) is 36.4 Å². The van der Waals surface area contributed by atoms with E-state index in [0.717, 1.165) is 5.56 Å². The molecule has 1 saturated carbocycles. The van der Waals surface area contributed by atoms with Crippen molar-refractivity contribution in [3.63, 3.8) is 0 Å². The molecule has 16 nitrogen and oxygen atoms in total. The largest absolute Gasteiger partial charge is 0.459 e. The molecule has 0 aromatic heterocycles. The Kier molecular flexibility index (Phi) is 10.8. The van der Waals surface area contributed by atoms with Crippen LogP contribution in [-0.2, 0) is 47.5 Å². The fraction of sp³-hybridized carbons (Fsp3) is 0.722. The van der Waals surface area contributed by atoms with Crippen LogP contribution in [0.2, 0.25) is 0 Å². The van der Waals surface area contributed by atoms with E-state index in [0.29, 0.717) is 19.4 Å². The summed E-state index contributed by atoms with van der Waals surface area (Å²) in [4.78, 5) is 26.5. The van der Waals surface area contributed by atoms with Gasteiger partial charge in [0.25, 0.3) is 0 Å². The second kappa shape index (κ2) is 14.9. The van der Waals surface area contributed by atoms with Gasteiger partial charge in [-0.2, -0.15) is 0 Å². The Labute approximate surface area is 300 Å². The highest BCUT2D eigenvalue weighted by atomic mass is 16.8. The van der Waals surface area contributed by atoms with E-state index in [1.54, 1.807) is 6.08 Å². The molecule has 5 heterocycles. The molecule has 0 amide bonds. The molecule has 6 N–H and O–H groups in total. The highest BCUT2D eigenvalue weighted by molar-refractivity contribution is 5.87. The number of aliphatic hydroxyl groups excluding tert-OH is 6. The molecule has 0 radical (unpaired) electrons. The summed E-state index contributed by atoms with van der Waals surface area (Å²) in [7, 11) is 0. The van der Waals surface area contributed by atoms with Gasteiger partial charge in [0, 0.05) is 24.3 Å². The second-order valence-electron chi connectivity index (χ2n) is 14.8. The van der Waals surface area contributed by atoms with Gasteiger partial charge in [0.1, 0.15) is 42.7 Å². The van der Waals surface area contributed by atoms with E-state index in [9.17, 15) is 40.2 Å². The minimum absolute atomic E-state index is 0.106. The van der Waals surface area contributed by atoms with E-state index in [1.807, 2.05) is 37.3 Å². The van der Waals surface area contributed by atoms with Gasteiger partial charge in [-0.15, -0.1) is 0 Å². The van der Waals surface area contributed by atoms with Gasteiger partial charge >= 0.3 is 11.9 Å². The predicted octanol–water partition coefficient (Wildman–Crippen LogP) is -0.857. The zero-order chi connectivity index (χ0) is 36.9. The minimum atomic E-state index is -1.76. The Morgan fingerprint density at radius 3 is 2.37 bits per heavy atom. The van der Waals surface area contributed by atoms with E-state index in [1.165, 1.54) is 13.0 Å². The number of carbonyl (C=O) groups excluding carboxylic acids is 2. The summed E-state index contributed by atoms with van der Waals surface area (Å²) in [5.74, 6) is -3.28. The number of benzene rings is 1. The van der Waals surface area contributed by atoms with Crippen molar-refractivity contribution < 1.29 is 78.1 Å². The molecule has 1 aliphatic carbocycles. The fourth-order valence-electron chi connectivity index (χ4n) is 8.28. The third-order valence-electron chi connectivity index (χ3n) is 11.5. The van der Waals surface area contributed by atoms with Crippen molar-refractivity contribution in [2.75, 3.05) is 19.8 Å². The number of ether oxygens (including phenoxy) is 8. The Balaban J connectivity index is 1.01. The SMILES string of the molecule is CC1CO[C@]2(CC1OC(=O)/C=C/c1ccccc1)OC1CC(C(=O)O[C@@H]3O[C@H](CO)[C@@H](O)[C@H](O)[C@H]3O[C@@H]3O[C@H](C)[C@@H](O)[C@H](O)[C@H]3O)CCC1[C@]21CO1. The van der Waals surface area contributed by atoms with E-state index in [4.69, 9.17) is 37.9 Å². The van der Waals surface area contributed by atoms with E-state index in [-0.39, 0.29) is 31.3 Å². The van der Waals surface area contributed by atoms with Gasteiger partial charge in [-0.3, -0.25) is 4.79 Å². The number of hydrogen-bond acceptors (Lipinski definition) is 16. The molecule has 6 fully saturated rings. The van der Waals surface area contributed by atoms with E-state index in [2.05, 4.69) is 0 Å². The molecule has 17 atom stereocenters. The summed E-state index contributed by atoms with van der Waals surface area (Å²) in [6, 6.07) is 9.41. The van der Waals surface area contributed by atoms with E-state index < -0.39 is 109 Å². The molecule has 5 aliphatic heterocycles. The third-order valence-corrected chi connectivity index (χ3v) is 11.5. The van der Waals surface area contributed by atoms with Crippen LogP contribution >= 0.6 is 0 Å². The zero-order valence-corrected chi connectivity index (χ0v) is 28.9. The average molecular weight is 737 g/mol. The van der Waals surface area contributed by atoms with Crippen molar-refractivity contribution in [2.24, 2.45) is 17.8 Å². The number of esters is 2. The number of epoxide rings is 1. The number of hydrogen-bond donors (Lipinski definition) is 6. The molecule has 16 heteroatoms. The number of rotatable bonds is 8. The van der Waals surface area contributed by atoms with Crippen LogP contribution in [0.1, 0.15) is 45.1 Å². The molecule has 5 unspecified atom stereocenters. The second-order valence-corrected chi connectivity index (χ2v) is 14.8. The van der Waals surface area contributed by atoms with Crippen LogP contribution in [0.3, 0.4) is 0 Å². The molecule has 6 aliphatic rings. The zero-order valence-electron chi connectivity index (χ0n) is 28.9. The Hall–Kier alpha value is -2.58. The number of carbonyl (C=O) groups is 2. The normalized spacial score (nSPS) is 47.3. The van der Waals surface area contributed by atoms with Crippen LogP contribution in [0.5, 0.6) is 0 Å². The quantitative estimate of drug-likeness (QED) is 0.108. The summed E-state index contributed by atoms with van der Waals surface area (Å²) in [5, 5.41) is 62.1. The van der Waals surface area contributed by atoms with Crippen LogP contribution in [0.4, 0.5) is 0 Å². The van der Waals surface area contributed by atoms with Crippen LogP contribution in [0, 0.1) is 17.8 Å². The monoisotopic (exact) mass is 736 g/mol. The van der Waals surface area contributed by atoms with Crippen LogP contribution in [0.25, 0.3) is 6.08 Å². The van der Waals surface area contributed by atoms with Crippen molar-refractivity contribution in [1.29, 1.82) is 0 Å². The standard InChI is InChI=1S/C36H48O16/c1-17-15-45-36(13-23(17)48-25(38)11-8-19-6-4-3-5-7-19)35(16-46-35)21-10-9-20(12-22(21)52-36)32(44)51-34-31(29(42)27(40)24(14-37)49-34)50-33-30(43)28(41)26(39)18(2)47-33/h3-8,11,17-18,20-24,26-31,33-34,37,39-43H,9-10,12-16H2,1-2H3/b11-8+/t17?,18-,20?,21?,22?,23?,24-,26-,27-,28+,29+,30-,31-,33+,34+,35-,36-/m1/s1. The minimum Gasteiger partial charge on any atom is -0.459 e. The van der Waals surface area contributed by atoms with Crippen LogP contribution in [-0.4, -0.2) is 147 Å². The number of aliphatic hydroxyl groups is 6. The first-order valence-electron chi connectivity index (χ1n) is 17.9.